The van der Waals surface area contributed by atoms with E-state index in [1.165, 1.54) is 22.8 Å². The van der Waals surface area contributed by atoms with Gasteiger partial charge in [0, 0.05) is 41.9 Å². The number of carbonyl (C=O) groups excluding carboxylic acids is 1. The lowest BCUT2D eigenvalue weighted by atomic mass is 9.86. The number of benzene rings is 1. The molecule has 2 heterocycles. The van der Waals surface area contributed by atoms with E-state index in [2.05, 4.69) is 0 Å². The van der Waals surface area contributed by atoms with Crippen molar-refractivity contribution in [1.82, 2.24) is 4.57 Å². The van der Waals surface area contributed by atoms with Crippen molar-refractivity contribution in [3.63, 3.8) is 0 Å². The summed E-state index contributed by atoms with van der Waals surface area (Å²) < 4.78 is 6.63. The van der Waals surface area contributed by atoms with Crippen molar-refractivity contribution in [3.8, 4) is 5.75 Å². The van der Waals surface area contributed by atoms with Gasteiger partial charge in [-0.25, -0.2) is 0 Å². The van der Waals surface area contributed by atoms with Gasteiger partial charge in [-0.3, -0.25) is 19.7 Å². The van der Waals surface area contributed by atoms with E-state index in [1.54, 1.807) is 20.0 Å². The van der Waals surface area contributed by atoms with Gasteiger partial charge in [0.25, 0.3) is 11.2 Å². The molecule has 0 saturated carbocycles. The molecule has 0 N–H and O–H groups in total. The fraction of sp³-hybridized carbons (Fsp3) is 0.250. The zero-order chi connectivity index (χ0) is 17.6. The number of pyridine rings is 1. The second kappa shape index (κ2) is 5.76. The molecule has 0 radical (unpaired) electrons. The second-order valence-corrected chi connectivity index (χ2v) is 6.03. The van der Waals surface area contributed by atoms with Gasteiger partial charge in [0.1, 0.15) is 5.75 Å². The van der Waals surface area contributed by atoms with Crippen LogP contribution in [0.25, 0.3) is 0 Å². The summed E-state index contributed by atoms with van der Waals surface area (Å²) in [5.74, 6) is -1.02. The Labute approximate surface area is 141 Å². The number of esters is 1. The minimum absolute atomic E-state index is 0.105. The zero-order valence-electron chi connectivity index (χ0n) is 12.9. The van der Waals surface area contributed by atoms with Gasteiger partial charge in [0.05, 0.1) is 16.9 Å². The van der Waals surface area contributed by atoms with E-state index < -0.39 is 16.8 Å². The van der Waals surface area contributed by atoms with Crippen LogP contribution in [0.2, 0.25) is 5.02 Å². The third-order valence-electron chi connectivity index (χ3n) is 4.18. The molecular formula is C16H13ClN2O5. The number of aromatic nitrogens is 1. The maximum absolute atomic E-state index is 12.6. The predicted molar refractivity (Wildman–Crippen MR) is 86.6 cm³/mol. The number of hydrogen-bond donors (Lipinski definition) is 0. The van der Waals surface area contributed by atoms with Crippen LogP contribution in [0.4, 0.5) is 5.69 Å². The van der Waals surface area contributed by atoms with E-state index in [4.69, 9.17) is 16.3 Å². The molecule has 0 saturated heterocycles. The average Bonchev–Trinajstić information content (AvgIpc) is 2.52. The van der Waals surface area contributed by atoms with Gasteiger partial charge >= 0.3 is 5.97 Å². The van der Waals surface area contributed by atoms with Crippen LogP contribution in [0.15, 0.2) is 29.1 Å². The summed E-state index contributed by atoms with van der Waals surface area (Å²) in [6.07, 6.45) is -0.105. The summed E-state index contributed by atoms with van der Waals surface area (Å²) in [5.41, 5.74) is 0.816. The van der Waals surface area contributed by atoms with Gasteiger partial charge < -0.3 is 9.30 Å². The first-order valence-electron chi connectivity index (χ1n) is 7.14. The highest BCUT2D eigenvalue weighted by Gasteiger charge is 2.34. The van der Waals surface area contributed by atoms with E-state index in [-0.39, 0.29) is 34.0 Å². The lowest BCUT2D eigenvalue weighted by Gasteiger charge is -2.25. The average molecular weight is 349 g/mol. The topological polar surface area (TPSA) is 91.4 Å². The van der Waals surface area contributed by atoms with E-state index in [0.29, 0.717) is 11.3 Å². The maximum Gasteiger partial charge on any atom is 0.312 e. The standard InChI is InChI=1S/C16H13ClN2O5/c1-8-5-13-15(16(21)18(8)2)11(7-14(20)24-13)10-6-9(19(22)23)3-4-12(10)17/h3-6,11H,7H2,1-2H3. The first-order valence-corrected chi connectivity index (χ1v) is 7.52. The molecule has 24 heavy (non-hydrogen) atoms. The van der Waals surface area contributed by atoms with Gasteiger partial charge in [0.2, 0.25) is 0 Å². The number of nitro groups is 1. The SMILES string of the molecule is Cc1cc2c(c(=O)n1C)C(c1cc([N+](=O)[O-])ccc1Cl)CC(=O)O2. The molecule has 7 nitrogen and oxygen atoms in total. The molecule has 1 atom stereocenters. The normalized spacial score (nSPS) is 16.5. The van der Waals surface area contributed by atoms with Crippen LogP contribution in [0.1, 0.15) is 29.2 Å². The Morgan fingerprint density at radius 1 is 1.33 bits per heavy atom. The molecule has 1 aromatic heterocycles. The van der Waals surface area contributed by atoms with E-state index in [9.17, 15) is 19.7 Å². The number of non-ortho nitro benzene ring substituents is 1. The Bertz CT molecular complexity index is 935. The molecule has 0 bridgehead atoms. The summed E-state index contributed by atoms with van der Waals surface area (Å²) in [7, 11) is 1.61. The Balaban J connectivity index is 2.27. The van der Waals surface area contributed by atoms with Crippen molar-refractivity contribution in [2.45, 2.75) is 19.3 Å². The summed E-state index contributed by atoms with van der Waals surface area (Å²) in [5, 5.41) is 11.3. The van der Waals surface area contributed by atoms with Crippen molar-refractivity contribution in [3.05, 3.63) is 66.6 Å². The van der Waals surface area contributed by atoms with Gasteiger partial charge in [-0.05, 0) is 18.6 Å². The molecule has 1 unspecified atom stereocenters. The number of nitrogens with zero attached hydrogens (tertiary/aromatic N) is 2. The smallest absolute Gasteiger partial charge is 0.312 e. The number of aryl methyl sites for hydroxylation is 1. The van der Waals surface area contributed by atoms with Crippen LogP contribution in [0, 0.1) is 17.0 Å². The lowest BCUT2D eigenvalue weighted by molar-refractivity contribution is -0.384. The molecule has 0 spiro atoms. The Morgan fingerprint density at radius 3 is 2.71 bits per heavy atom. The zero-order valence-corrected chi connectivity index (χ0v) is 13.7. The highest BCUT2D eigenvalue weighted by Crippen LogP contribution is 2.40. The Hall–Kier alpha value is -2.67. The Kier molecular flexibility index (Phi) is 3.88. The van der Waals surface area contributed by atoms with Crippen molar-refractivity contribution in [2.24, 2.45) is 7.05 Å². The summed E-state index contributed by atoms with van der Waals surface area (Å²) in [4.78, 5) is 35.1. The number of hydrogen-bond acceptors (Lipinski definition) is 5. The van der Waals surface area contributed by atoms with Gasteiger partial charge in [-0.15, -0.1) is 0 Å². The highest BCUT2D eigenvalue weighted by molar-refractivity contribution is 6.31. The van der Waals surface area contributed by atoms with Crippen molar-refractivity contribution < 1.29 is 14.5 Å². The first kappa shape index (κ1) is 16.2. The summed E-state index contributed by atoms with van der Waals surface area (Å²) in [6, 6.07) is 5.58. The van der Waals surface area contributed by atoms with Crippen LogP contribution in [-0.2, 0) is 11.8 Å². The van der Waals surface area contributed by atoms with E-state index in [1.807, 2.05) is 0 Å². The minimum Gasteiger partial charge on any atom is -0.426 e. The molecule has 0 amide bonds. The second-order valence-electron chi connectivity index (χ2n) is 5.62. The number of ether oxygens (including phenoxy) is 1. The molecule has 124 valence electrons. The van der Waals surface area contributed by atoms with Crippen molar-refractivity contribution >= 4 is 23.3 Å². The van der Waals surface area contributed by atoms with Crippen molar-refractivity contribution in [2.75, 3.05) is 0 Å². The number of fused-ring (bicyclic) bond motifs is 1. The molecule has 0 aliphatic carbocycles. The van der Waals surface area contributed by atoms with Crippen LogP contribution in [0.5, 0.6) is 5.75 Å². The van der Waals surface area contributed by atoms with Gasteiger partial charge in [-0.2, -0.15) is 0 Å². The van der Waals surface area contributed by atoms with Crippen LogP contribution in [0.3, 0.4) is 0 Å². The molecule has 3 rings (SSSR count). The molecule has 1 aromatic carbocycles. The number of rotatable bonds is 2. The molecular weight excluding hydrogens is 336 g/mol. The molecule has 1 aliphatic heterocycles. The van der Waals surface area contributed by atoms with Gasteiger partial charge in [-0.1, -0.05) is 11.6 Å². The first-order chi connectivity index (χ1) is 11.3. The highest BCUT2D eigenvalue weighted by atomic mass is 35.5. The van der Waals surface area contributed by atoms with E-state index >= 15 is 0 Å². The number of carbonyl (C=O) groups is 1. The third-order valence-corrected chi connectivity index (χ3v) is 4.52. The molecule has 0 fully saturated rings. The fourth-order valence-corrected chi connectivity index (χ4v) is 3.08. The molecule has 2 aromatic rings. The van der Waals surface area contributed by atoms with E-state index in [0.717, 1.165) is 0 Å². The van der Waals surface area contributed by atoms with Crippen LogP contribution < -0.4 is 10.3 Å². The maximum atomic E-state index is 12.6. The molecule has 8 heteroatoms. The lowest BCUT2D eigenvalue weighted by Crippen LogP contribution is -2.32. The molecule has 1 aliphatic rings. The monoisotopic (exact) mass is 348 g/mol. The quantitative estimate of drug-likeness (QED) is 0.472. The largest absolute Gasteiger partial charge is 0.426 e. The van der Waals surface area contributed by atoms with Crippen LogP contribution >= 0.6 is 11.6 Å². The number of halogens is 1. The summed E-state index contributed by atoms with van der Waals surface area (Å²) >= 11 is 6.19. The third kappa shape index (κ3) is 2.56. The summed E-state index contributed by atoms with van der Waals surface area (Å²) in [6.45, 7) is 1.72. The van der Waals surface area contributed by atoms with Crippen LogP contribution in [-0.4, -0.2) is 15.5 Å². The fourth-order valence-electron chi connectivity index (χ4n) is 2.83. The van der Waals surface area contributed by atoms with Gasteiger partial charge in [0.15, 0.2) is 0 Å². The van der Waals surface area contributed by atoms with Crippen molar-refractivity contribution in [1.29, 1.82) is 0 Å². The minimum atomic E-state index is -0.687. The predicted octanol–water partition coefficient (Wildman–Crippen LogP) is 2.70. The Morgan fingerprint density at radius 2 is 2.04 bits per heavy atom. The number of nitro benzene ring substituents is 1.